The Morgan fingerprint density at radius 1 is 1.17 bits per heavy atom. The molecule has 35 heavy (non-hydrogen) atoms. The van der Waals surface area contributed by atoms with Crippen molar-refractivity contribution in [1.29, 1.82) is 0 Å². The fourth-order valence-electron chi connectivity index (χ4n) is 4.35. The first-order valence-electron chi connectivity index (χ1n) is 11.5. The molecule has 1 saturated carbocycles. The minimum absolute atomic E-state index is 0.000230. The molecule has 1 aromatic heterocycles. The van der Waals surface area contributed by atoms with E-state index in [1.165, 1.54) is 16.8 Å². The number of anilines is 1. The lowest BCUT2D eigenvalue weighted by Gasteiger charge is -2.26. The highest BCUT2D eigenvalue weighted by Gasteiger charge is 2.48. The van der Waals surface area contributed by atoms with Crippen molar-refractivity contribution in [1.82, 2.24) is 10.2 Å². The number of benzene rings is 2. The number of rotatable bonds is 8. The molecular formula is C25H24N4O6. The monoisotopic (exact) mass is 476 g/mol. The molecule has 1 unspecified atom stereocenters. The number of aromatic nitrogens is 2. The maximum absolute atomic E-state index is 13.4. The fraction of sp³-hybridized carbons (Fsp3) is 0.320. The number of imide groups is 1. The van der Waals surface area contributed by atoms with E-state index < -0.39 is 18.0 Å². The lowest BCUT2D eigenvalue weighted by atomic mass is 10.2. The Morgan fingerprint density at radius 2 is 1.89 bits per heavy atom. The van der Waals surface area contributed by atoms with Crippen molar-refractivity contribution in [3.05, 3.63) is 65.9 Å². The highest BCUT2D eigenvalue weighted by Crippen LogP contribution is 2.35. The third kappa shape index (κ3) is 4.40. The van der Waals surface area contributed by atoms with Crippen LogP contribution in [0.3, 0.4) is 0 Å². The summed E-state index contributed by atoms with van der Waals surface area (Å²) >= 11 is 0. The van der Waals surface area contributed by atoms with E-state index in [-0.39, 0.29) is 37.4 Å². The van der Waals surface area contributed by atoms with E-state index in [2.05, 4.69) is 5.27 Å². The molecule has 0 bridgehead atoms. The standard InChI is InChI=1S/C25H24N4O6/c1-2-34-24(32)16-8-10-18(11-9-16)28-22(30)14-20(23(28)31)27(17-12-13-17)15-21-25(33)35-26-29(21)19-6-4-3-5-7-19/h3-11,17,20H,2,12-15H2,1H3. The highest BCUT2D eigenvalue weighted by atomic mass is 16.6. The summed E-state index contributed by atoms with van der Waals surface area (Å²) in [6.45, 7) is 2.10. The van der Waals surface area contributed by atoms with Crippen molar-refractivity contribution in [3.63, 3.8) is 0 Å². The van der Waals surface area contributed by atoms with Crippen LogP contribution in [0.4, 0.5) is 5.69 Å². The summed E-state index contributed by atoms with van der Waals surface area (Å²) in [5.74, 6) is -1.74. The topological polar surface area (TPSA) is 120 Å². The third-order valence-corrected chi connectivity index (χ3v) is 6.21. The number of amides is 2. The second-order valence-electron chi connectivity index (χ2n) is 8.51. The van der Waals surface area contributed by atoms with Gasteiger partial charge in [-0.15, -0.1) is 0 Å². The molecule has 1 saturated heterocycles. The molecule has 10 heteroatoms. The molecular weight excluding hydrogens is 452 g/mol. The number of nitrogens with zero attached hydrogens (tertiary/aromatic N) is 4. The number of esters is 1. The van der Waals surface area contributed by atoms with Gasteiger partial charge in [-0.05, 0) is 48.7 Å². The summed E-state index contributed by atoms with van der Waals surface area (Å²) in [5, 5.41) is 16.4. The van der Waals surface area contributed by atoms with Crippen LogP contribution in [0.5, 0.6) is 5.95 Å². The van der Waals surface area contributed by atoms with E-state index in [1.807, 2.05) is 23.1 Å². The van der Waals surface area contributed by atoms with Crippen LogP contribution in [0.15, 0.2) is 59.1 Å². The summed E-state index contributed by atoms with van der Waals surface area (Å²) < 4.78 is 11.4. The molecule has 0 N–H and O–H groups in total. The van der Waals surface area contributed by atoms with Gasteiger partial charge in [0, 0.05) is 18.2 Å². The van der Waals surface area contributed by atoms with Crippen LogP contribution in [-0.2, 0) is 20.9 Å². The van der Waals surface area contributed by atoms with Crippen LogP contribution in [0.2, 0.25) is 0 Å². The Balaban J connectivity index is 1.39. The van der Waals surface area contributed by atoms with Gasteiger partial charge in [-0.25, -0.2) is 9.69 Å². The molecule has 3 aromatic rings. The first-order chi connectivity index (χ1) is 17.0. The van der Waals surface area contributed by atoms with Gasteiger partial charge in [-0.3, -0.25) is 14.5 Å². The van der Waals surface area contributed by atoms with Crippen molar-refractivity contribution in [3.8, 4) is 11.6 Å². The quantitative estimate of drug-likeness (QED) is 0.273. The molecule has 0 spiro atoms. The number of para-hydroxylation sites is 1. The van der Waals surface area contributed by atoms with Crippen molar-refractivity contribution in [2.75, 3.05) is 11.5 Å². The molecule has 0 radical (unpaired) electrons. The smallest absolute Gasteiger partial charge is 0.338 e. The molecule has 2 heterocycles. The van der Waals surface area contributed by atoms with Crippen LogP contribution in [-0.4, -0.2) is 46.6 Å². The van der Waals surface area contributed by atoms with Gasteiger partial charge in [0.15, 0.2) is 5.95 Å². The van der Waals surface area contributed by atoms with Gasteiger partial charge >= 0.3 is 5.97 Å². The summed E-state index contributed by atoms with van der Waals surface area (Å²) in [5.41, 5.74) is 1.69. The van der Waals surface area contributed by atoms with Gasteiger partial charge in [0.2, 0.25) is 11.6 Å². The predicted octanol–water partition coefficient (Wildman–Crippen LogP) is 1.50. The zero-order chi connectivity index (χ0) is 24.5. The van der Waals surface area contributed by atoms with Gasteiger partial charge in [0.1, 0.15) is 0 Å². The van der Waals surface area contributed by atoms with Gasteiger partial charge < -0.3 is 14.4 Å². The number of carbonyl (C=O) groups is 3. The maximum Gasteiger partial charge on any atom is 0.338 e. The van der Waals surface area contributed by atoms with Crippen molar-refractivity contribution < 1.29 is 33.4 Å². The Kier molecular flexibility index (Phi) is 6.04. The summed E-state index contributed by atoms with van der Waals surface area (Å²) in [6, 6.07) is 14.7. The number of carbonyl (C=O) groups excluding carboxylic acids is 3. The largest absolute Gasteiger partial charge is 0.539 e. The molecule has 2 aliphatic rings. The lowest BCUT2D eigenvalue weighted by molar-refractivity contribution is -0.678. The summed E-state index contributed by atoms with van der Waals surface area (Å²) in [4.78, 5) is 41.3. The molecule has 1 atom stereocenters. The Bertz CT molecular complexity index is 1250. The van der Waals surface area contributed by atoms with Crippen molar-refractivity contribution in [2.45, 2.75) is 44.8 Å². The SMILES string of the molecule is CCOC(=O)c1ccc(N2C(=O)CC(N(Cc3c([O-])on[n+]3-c3ccccc3)C3CC3)C2=O)cc1. The van der Waals surface area contributed by atoms with E-state index in [0.717, 1.165) is 17.7 Å². The molecule has 1 aliphatic heterocycles. The third-order valence-electron chi connectivity index (χ3n) is 6.21. The van der Waals surface area contributed by atoms with Gasteiger partial charge in [-0.1, -0.05) is 18.2 Å². The van der Waals surface area contributed by atoms with E-state index in [0.29, 0.717) is 22.6 Å². The van der Waals surface area contributed by atoms with Crippen LogP contribution >= 0.6 is 0 Å². The maximum atomic E-state index is 13.4. The van der Waals surface area contributed by atoms with Crippen LogP contribution in [0.25, 0.3) is 5.69 Å². The van der Waals surface area contributed by atoms with E-state index in [1.54, 1.807) is 31.2 Å². The van der Waals surface area contributed by atoms with E-state index in [9.17, 15) is 19.5 Å². The first-order valence-corrected chi connectivity index (χ1v) is 11.5. The summed E-state index contributed by atoms with van der Waals surface area (Å²) in [6.07, 6.45) is 1.74. The number of hydrogen-bond donors (Lipinski definition) is 0. The zero-order valence-electron chi connectivity index (χ0n) is 19.1. The molecule has 10 nitrogen and oxygen atoms in total. The zero-order valence-corrected chi connectivity index (χ0v) is 19.1. The fourth-order valence-corrected chi connectivity index (χ4v) is 4.35. The Labute approximate surface area is 201 Å². The normalized spacial score (nSPS) is 17.9. The highest BCUT2D eigenvalue weighted by molar-refractivity contribution is 6.22. The number of hydrogen-bond acceptors (Lipinski definition) is 8. The van der Waals surface area contributed by atoms with Crippen LogP contribution < -0.4 is 14.7 Å². The van der Waals surface area contributed by atoms with E-state index in [4.69, 9.17) is 9.26 Å². The average molecular weight is 476 g/mol. The molecule has 2 amide bonds. The van der Waals surface area contributed by atoms with Gasteiger partial charge in [-0.2, -0.15) is 0 Å². The molecule has 180 valence electrons. The lowest BCUT2D eigenvalue weighted by Crippen LogP contribution is -2.46. The van der Waals surface area contributed by atoms with Crippen LogP contribution in [0.1, 0.15) is 42.2 Å². The average Bonchev–Trinajstić information content (AvgIpc) is 3.58. The van der Waals surface area contributed by atoms with E-state index >= 15 is 0 Å². The van der Waals surface area contributed by atoms with Crippen molar-refractivity contribution in [2.24, 2.45) is 0 Å². The second-order valence-corrected chi connectivity index (χ2v) is 8.51. The molecule has 2 fully saturated rings. The van der Waals surface area contributed by atoms with Crippen LogP contribution in [0, 0.1) is 0 Å². The molecule has 2 aromatic carbocycles. The van der Waals surface area contributed by atoms with Gasteiger partial charge in [0.05, 0.1) is 42.1 Å². The Hall–Kier alpha value is -4.05. The molecule has 5 rings (SSSR count). The predicted molar refractivity (Wildman–Crippen MR) is 119 cm³/mol. The first kappa shape index (κ1) is 22.7. The molecule has 1 aliphatic carbocycles. The van der Waals surface area contributed by atoms with Crippen molar-refractivity contribution >= 4 is 23.5 Å². The second kappa shape index (κ2) is 9.30. The van der Waals surface area contributed by atoms with Gasteiger partial charge in [0.25, 0.3) is 11.6 Å². The number of ether oxygens (including phenoxy) is 1. The minimum Gasteiger partial charge on any atom is -0.539 e. The summed E-state index contributed by atoms with van der Waals surface area (Å²) in [7, 11) is 0. The minimum atomic E-state index is -0.710. The Morgan fingerprint density at radius 3 is 2.54 bits per heavy atom.